The molecule has 0 heterocycles. The molecule has 7 heteroatoms. The van der Waals surface area contributed by atoms with Gasteiger partial charge in [0.25, 0.3) is 0 Å². The number of carbonyl (C=O) groups is 1. The average Bonchev–Trinajstić information content (AvgIpc) is 2.35. The summed E-state index contributed by atoms with van der Waals surface area (Å²) < 4.78 is 38.2. The van der Waals surface area contributed by atoms with E-state index in [9.17, 15) is 18.0 Å². The number of hydrogen-bond donors (Lipinski definition) is 2. The van der Waals surface area contributed by atoms with Crippen LogP contribution in [-0.2, 0) is 11.0 Å². The predicted octanol–water partition coefficient (Wildman–Crippen LogP) is 2.13. The van der Waals surface area contributed by atoms with Gasteiger partial charge in [-0.05, 0) is 25.1 Å². The van der Waals surface area contributed by atoms with Crippen LogP contribution < -0.4 is 10.6 Å². The van der Waals surface area contributed by atoms with Crippen molar-refractivity contribution < 1.29 is 18.0 Å². The van der Waals surface area contributed by atoms with Crippen molar-refractivity contribution in [1.82, 2.24) is 5.32 Å². The largest absolute Gasteiger partial charge is 0.418 e. The summed E-state index contributed by atoms with van der Waals surface area (Å²) in [4.78, 5) is 11.2. The first-order chi connectivity index (χ1) is 8.88. The fourth-order valence-electron chi connectivity index (χ4n) is 1.44. The molecule has 0 saturated heterocycles. The van der Waals surface area contributed by atoms with E-state index in [0.717, 1.165) is 18.2 Å². The van der Waals surface area contributed by atoms with Gasteiger partial charge in [-0.2, -0.15) is 18.4 Å². The van der Waals surface area contributed by atoms with Crippen LogP contribution in [-0.4, -0.2) is 19.0 Å². The van der Waals surface area contributed by atoms with Gasteiger partial charge in [0.2, 0.25) is 5.91 Å². The Bertz CT molecular complexity index is 506. The number of nitrogens with one attached hydrogen (secondary N) is 2. The van der Waals surface area contributed by atoms with E-state index in [1.807, 2.05) is 0 Å². The molecule has 0 spiro atoms. The smallest absolute Gasteiger partial charge is 0.376 e. The van der Waals surface area contributed by atoms with E-state index in [0.29, 0.717) is 6.54 Å². The summed E-state index contributed by atoms with van der Waals surface area (Å²) >= 11 is 0. The molecule has 1 aromatic rings. The monoisotopic (exact) mass is 271 g/mol. The maximum atomic E-state index is 12.7. The third-order valence-corrected chi connectivity index (χ3v) is 2.27. The van der Waals surface area contributed by atoms with Crippen molar-refractivity contribution in [2.75, 3.05) is 18.4 Å². The van der Waals surface area contributed by atoms with Gasteiger partial charge < -0.3 is 10.6 Å². The first-order valence-corrected chi connectivity index (χ1v) is 5.50. The van der Waals surface area contributed by atoms with Gasteiger partial charge in [0.1, 0.15) is 0 Å². The maximum absolute atomic E-state index is 12.7. The van der Waals surface area contributed by atoms with Crippen LogP contribution in [0.2, 0.25) is 0 Å². The highest BCUT2D eigenvalue weighted by Gasteiger charge is 2.33. The topological polar surface area (TPSA) is 64.9 Å². The molecule has 0 fully saturated rings. The van der Waals surface area contributed by atoms with Crippen LogP contribution in [0.25, 0.3) is 0 Å². The van der Waals surface area contributed by atoms with Gasteiger partial charge in [-0.15, -0.1) is 0 Å². The highest BCUT2D eigenvalue weighted by Crippen LogP contribution is 2.35. The van der Waals surface area contributed by atoms with Gasteiger partial charge in [0.05, 0.1) is 23.7 Å². The minimum atomic E-state index is -4.54. The summed E-state index contributed by atoms with van der Waals surface area (Å²) in [5.41, 5.74) is -1.10. The Morgan fingerprint density at radius 3 is 2.63 bits per heavy atom. The zero-order valence-corrected chi connectivity index (χ0v) is 10.1. The van der Waals surface area contributed by atoms with Crippen molar-refractivity contribution in [1.29, 1.82) is 5.26 Å². The molecule has 0 saturated carbocycles. The third kappa shape index (κ3) is 4.17. The van der Waals surface area contributed by atoms with Crippen LogP contribution in [0.1, 0.15) is 18.1 Å². The molecule has 19 heavy (non-hydrogen) atoms. The molecule has 1 amide bonds. The number of carbonyl (C=O) groups excluding carboxylic acids is 1. The number of halogens is 3. The molecule has 0 aliphatic carbocycles. The van der Waals surface area contributed by atoms with E-state index >= 15 is 0 Å². The average molecular weight is 271 g/mol. The number of alkyl halides is 3. The molecule has 0 bridgehead atoms. The van der Waals surface area contributed by atoms with Crippen LogP contribution in [0, 0.1) is 11.3 Å². The predicted molar refractivity (Wildman–Crippen MR) is 63.3 cm³/mol. The molecule has 0 aromatic heterocycles. The van der Waals surface area contributed by atoms with E-state index in [1.165, 1.54) is 0 Å². The molecule has 0 aliphatic rings. The molecule has 1 rings (SSSR count). The van der Waals surface area contributed by atoms with Crippen molar-refractivity contribution in [2.24, 2.45) is 0 Å². The minimum absolute atomic E-state index is 0.0893. The molecule has 0 unspecified atom stereocenters. The van der Waals surface area contributed by atoms with Crippen molar-refractivity contribution in [2.45, 2.75) is 13.1 Å². The van der Waals surface area contributed by atoms with E-state index in [2.05, 4.69) is 10.6 Å². The molecule has 4 nitrogen and oxygen atoms in total. The number of nitriles is 1. The minimum Gasteiger partial charge on any atom is -0.376 e. The first kappa shape index (κ1) is 14.8. The van der Waals surface area contributed by atoms with Crippen LogP contribution in [0.15, 0.2) is 18.2 Å². The van der Waals surface area contributed by atoms with Gasteiger partial charge in [-0.3, -0.25) is 4.79 Å². The Morgan fingerprint density at radius 2 is 2.11 bits per heavy atom. The van der Waals surface area contributed by atoms with Crippen molar-refractivity contribution in [3.8, 4) is 6.07 Å². The van der Waals surface area contributed by atoms with Gasteiger partial charge >= 0.3 is 6.18 Å². The Kier molecular flexibility index (Phi) is 4.75. The molecule has 2 N–H and O–H groups in total. The lowest BCUT2D eigenvalue weighted by molar-refractivity contribution is -0.137. The quantitative estimate of drug-likeness (QED) is 0.881. The molecular weight excluding hydrogens is 259 g/mol. The van der Waals surface area contributed by atoms with Gasteiger partial charge in [-0.25, -0.2) is 0 Å². The van der Waals surface area contributed by atoms with E-state index in [4.69, 9.17) is 5.26 Å². The van der Waals surface area contributed by atoms with Crippen molar-refractivity contribution in [3.05, 3.63) is 29.3 Å². The highest BCUT2D eigenvalue weighted by molar-refractivity contribution is 5.81. The van der Waals surface area contributed by atoms with Gasteiger partial charge in [0.15, 0.2) is 0 Å². The highest BCUT2D eigenvalue weighted by atomic mass is 19.4. The normalized spacial score (nSPS) is 10.7. The lowest BCUT2D eigenvalue weighted by Gasteiger charge is -2.14. The second kappa shape index (κ2) is 6.09. The Labute approximate surface area is 108 Å². The second-order valence-electron chi connectivity index (χ2n) is 3.68. The van der Waals surface area contributed by atoms with Crippen molar-refractivity contribution >= 4 is 11.6 Å². The molecular formula is C12H12F3N3O. The zero-order valence-electron chi connectivity index (χ0n) is 10.1. The fourth-order valence-corrected chi connectivity index (χ4v) is 1.44. The SMILES string of the molecule is CCNC(=O)CNc1cc(C#N)ccc1C(F)(F)F. The number of benzene rings is 1. The van der Waals surface area contributed by atoms with Crippen LogP contribution in [0.4, 0.5) is 18.9 Å². The summed E-state index contributed by atoms with van der Waals surface area (Å²) in [5, 5.41) is 13.5. The molecule has 0 radical (unpaired) electrons. The molecule has 1 aromatic carbocycles. The molecule has 0 atom stereocenters. The standard InChI is InChI=1S/C12H12F3N3O/c1-2-17-11(19)7-18-10-5-8(6-16)3-4-9(10)12(13,14)15/h3-5,18H,2,7H2,1H3,(H,17,19). The van der Waals surface area contributed by atoms with Gasteiger partial charge in [0, 0.05) is 12.2 Å². The van der Waals surface area contributed by atoms with E-state index < -0.39 is 17.6 Å². The van der Waals surface area contributed by atoms with Crippen LogP contribution >= 0.6 is 0 Å². The Hall–Kier alpha value is -2.23. The number of rotatable bonds is 4. The number of anilines is 1. The molecule has 102 valence electrons. The second-order valence-corrected chi connectivity index (χ2v) is 3.68. The maximum Gasteiger partial charge on any atom is 0.418 e. The summed E-state index contributed by atoms with van der Waals surface area (Å²) in [6, 6.07) is 4.72. The molecule has 0 aliphatic heterocycles. The third-order valence-electron chi connectivity index (χ3n) is 2.27. The fraction of sp³-hybridized carbons (Fsp3) is 0.333. The number of nitrogens with zero attached hydrogens (tertiary/aromatic N) is 1. The summed E-state index contributed by atoms with van der Waals surface area (Å²) in [6.45, 7) is 1.81. The Balaban J connectivity index is 2.96. The number of hydrogen-bond acceptors (Lipinski definition) is 3. The lowest BCUT2D eigenvalue weighted by Crippen LogP contribution is -2.30. The number of likely N-dealkylation sites (N-methyl/N-ethyl adjacent to an activating group) is 1. The summed E-state index contributed by atoms with van der Waals surface area (Å²) in [7, 11) is 0. The summed E-state index contributed by atoms with van der Waals surface area (Å²) in [5.74, 6) is -0.419. The zero-order chi connectivity index (χ0) is 14.5. The van der Waals surface area contributed by atoms with Crippen LogP contribution in [0.3, 0.4) is 0 Å². The number of amides is 1. The van der Waals surface area contributed by atoms with Crippen molar-refractivity contribution in [3.63, 3.8) is 0 Å². The summed E-state index contributed by atoms with van der Waals surface area (Å²) in [6.07, 6.45) is -4.54. The van der Waals surface area contributed by atoms with E-state index in [-0.39, 0.29) is 17.8 Å². The van der Waals surface area contributed by atoms with Crippen LogP contribution in [0.5, 0.6) is 0 Å². The van der Waals surface area contributed by atoms with Gasteiger partial charge in [-0.1, -0.05) is 0 Å². The Morgan fingerprint density at radius 1 is 1.42 bits per heavy atom. The first-order valence-electron chi connectivity index (χ1n) is 5.50. The van der Waals surface area contributed by atoms with E-state index in [1.54, 1.807) is 13.0 Å². The lowest BCUT2D eigenvalue weighted by atomic mass is 10.1.